The fourth-order valence-corrected chi connectivity index (χ4v) is 2.61. The lowest BCUT2D eigenvalue weighted by Crippen LogP contribution is -2.32. The largest absolute Gasteiger partial charge is 0.312 e. The van der Waals surface area contributed by atoms with E-state index in [1.165, 1.54) is 5.56 Å². The highest BCUT2D eigenvalue weighted by atomic mass is 35.5. The normalized spacial score (nSPS) is 11.8. The molecule has 0 saturated carbocycles. The first kappa shape index (κ1) is 15.1. The van der Waals surface area contributed by atoms with E-state index >= 15 is 0 Å². The van der Waals surface area contributed by atoms with Crippen LogP contribution in [-0.4, -0.2) is 16.3 Å². The zero-order chi connectivity index (χ0) is 14.8. The van der Waals surface area contributed by atoms with E-state index in [9.17, 15) is 0 Å². The summed E-state index contributed by atoms with van der Waals surface area (Å²) < 4.78 is 1.72. The second kappa shape index (κ2) is 5.98. The molecule has 0 fully saturated rings. The van der Waals surface area contributed by atoms with Crippen molar-refractivity contribution in [1.82, 2.24) is 15.1 Å². The maximum atomic E-state index is 6.24. The highest BCUT2D eigenvalue weighted by Gasteiger charge is 2.20. The molecule has 0 unspecified atom stereocenters. The number of hydrogen-bond donors (Lipinski definition) is 1. The Kier molecular flexibility index (Phi) is 4.51. The summed E-state index contributed by atoms with van der Waals surface area (Å²) in [7, 11) is 1.87. The Hall–Kier alpha value is -1.32. The molecule has 4 heteroatoms. The van der Waals surface area contributed by atoms with Crippen LogP contribution in [-0.2, 0) is 19.0 Å². The van der Waals surface area contributed by atoms with E-state index in [2.05, 4.69) is 48.5 Å². The summed E-state index contributed by atoms with van der Waals surface area (Å²) in [6.45, 7) is 8.11. The van der Waals surface area contributed by atoms with Crippen molar-refractivity contribution in [3.05, 3.63) is 52.3 Å². The van der Waals surface area contributed by atoms with Gasteiger partial charge in [-0.2, -0.15) is 5.10 Å². The molecule has 0 atom stereocenters. The lowest BCUT2D eigenvalue weighted by Gasteiger charge is -2.25. The number of aryl methyl sites for hydroxylation is 2. The van der Waals surface area contributed by atoms with Gasteiger partial charge in [0.2, 0.25) is 0 Å². The second-order valence-electron chi connectivity index (χ2n) is 5.83. The maximum Gasteiger partial charge on any atom is 0.131 e. The number of nitrogens with one attached hydrogen (secondary N) is 1. The predicted octanol–water partition coefficient (Wildman–Crippen LogP) is 3.45. The van der Waals surface area contributed by atoms with Crippen molar-refractivity contribution >= 4 is 11.6 Å². The van der Waals surface area contributed by atoms with Crippen LogP contribution in [0.2, 0.25) is 5.15 Å². The minimum atomic E-state index is 0.0872. The summed E-state index contributed by atoms with van der Waals surface area (Å²) in [4.78, 5) is 0. The third kappa shape index (κ3) is 3.22. The Balaban J connectivity index is 1.99. The minimum absolute atomic E-state index is 0.0872. The van der Waals surface area contributed by atoms with Crippen molar-refractivity contribution in [3.8, 4) is 0 Å². The van der Waals surface area contributed by atoms with E-state index in [0.29, 0.717) is 5.15 Å². The highest BCUT2D eigenvalue weighted by Crippen LogP contribution is 2.23. The van der Waals surface area contributed by atoms with E-state index in [1.54, 1.807) is 4.68 Å². The third-order valence-electron chi connectivity index (χ3n) is 3.69. The third-order valence-corrected chi connectivity index (χ3v) is 4.17. The van der Waals surface area contributed by atoms with E-state index in [1.807, 2.05) is 20.0 Å². The van der Waals surface area contributed by atoms with Gasteiger partial charge in [-0.25, -0.2) is 0 Å². The zero-order valence-electron chi connectivity index (χ0n) is 12.6. The monoisotopic (exact) mass is 291 g/mol. The first-order chi connectivity index (χ1) is 9.42. The quantitative estimate of drug-likeness (QED) is 0.914. The van der Waals surface area contributed by atoms with Gasteiger partial charge < -0.3 is 5.32 Å². The lowest BCUT2D eigenvalue weighted by molar-refractivity contribution is 0.468. The fourth-order valence-electron chi connectivity index (χ4n) is 2.37. The van der Waals surface area contributed by atoms with E-state index < -0.39 is 0 Å². The van der Waals surface area contributed by atoms with Crippen molar-refractivity contribution in [2.24, 2.45) is 7.05 Å². The second-order valence-corrected chi connectivity index (χ2v) is 6.19. The molecular weight excluding hydrogens is 270 g/mol. The van der Waals surface area contributed by atoms with Gasteiger partial charge in [0.05, 0.1) is 5.69 Å². The standard InChI is InChI=1S/C16H22ClN3/c1-12-14(15(17)20(4)19-12)10-18-11-16(2,3)13-8-6-5-7-9-13/h5-9,18H,10-11H2,1-4H3. The van der Waals surface area contributed by atoms with Crippen LogP contribution >= 0.6 is 11.6 Å². The fraction of sp³-hybridized carbons (Fsp3) is 0.438. The summed E-state index contributed by atoms with van der Waals surface area (Å²) in [5.41, 5.74) is 3.49. The maximum absolute atomic E-state index is 6.24. The molecule has 0 spiro atoms. The van der Waals surface area contributed by atoms with Crippen LogP contribution in [0.1, 0.15) is 30.7 Å². The molecule has 0 amide bonds. The summed E-state index contributed by atoms with van der Waals surface area (Å²) in [6.07, 6.45) is 0. The number of halogens is 1. The summed E-state index contributed by atoms with van der Waals surface area (Å²) in [6, 6.07) is 10.6. The highest BCUT2D eigenvalue weighted by molar-refractivity contribution is 6.30. The van der Waals surface area contributed by atoms with Gasteiger partial charge in [-0.15, -0.1) is 0 Å². The van der Waals surface area contributed by atoms with Crippen LogP contribution in [0.15, 0.2) is 30.3 Å². The van der Waals surface area contributed by atoms with E-state index in [0.717, 1.165) is 24.3 Å². The van der Waals surface area contributed by atoms with Crippen molar-refractivity contribution in [1.29, 1.82) is 0 Å². The predicted molar refractivity (Wildman–Crippen MR) is 84.1 cm³/mol. The molecule has 0 bridgehead atoms. The molecule has 0 aliphatic heterocycles. The van der Waals surface area contributed by atoms with Crippen LogP contribution in [0.3, 0.4) is 0 Å². The molecule has 108 valence electrons. The molecule has 1 heterocycles. The van der Waals surface area contributed by atoms with Crippen molar-refractivity contribution < 1.29 is 0 Å². The van der Waals surface area contributed by atoms with Crippen LogP contribution < -0.4 is 5.32 Å². The topological polar surface area (TPSA) is 29.9 Å². The number of nitrogens with zero attached hydrogens (tertiary/aromatic N) is 2. The molecule has 1 N–H and O–H groups in total. The molecule has 20 heavy (non-hydrogen) atoms. The molecule has 0 aliphatic carbocycles. The van der Waals surface area contributed by atoms with Gasteiger partial charge in [0.15, 0.2) is 0 Å². The van der Waals surface area contributed by atoms with E-state index in [-0.39, 0.29) is 5.41 Å². The SMILES string of the molecule is Cc1nn(C)c(Cl)c1CNCC(C)(C)c1ccccc1. The number of hydrogen-bond acceptors (Lipinski definition) is 2. The minimum Gasteiger partial charge on any atom is -0.312 e. The van der Waals surface area contributed by atoms with Crippen LogP contribution in [0.25, 0.3) is 0 Å². The average molecular weight is 292 g/mol. The Bertz CT molecular complexity index is 573. The van der Waals surface area contributed by atoms with Crippen LogP contribution in [0, 0.1) is 6.92 Å². The molecule has 0 saturated heterocycles. The molecule has 0 radical (unpaired) electrons. The molecule has 3 nitrogen and oxygen atoms in total. The number of aromatic nitrogens is 2. The molecule has 0 aliphatic rings. The Morgan fingerprint density at radius 3 is 2.45 bits per heavy atom. The molecular formula is C16H22ClN3. The van der Waals surface area contributed by atoms with Gasteiger partial charge in [-0.3, -0.25) is 4.68 Å². The molecule has 2 rings (SSSR count). The van der Waals surface area contributed by atoms with Gasteiger partial charge >= 0.3 is 0 Å². The van der Waals surface area contributed by atoms with Crippen LogP contribution in [0.4, 0.5) is 0 Å². The smallest absolute Gasteiger partial charge is 0.131 e. The first-order valence-electron chi connectivity index (χ1n) is 6.86. The summed E-state index contributed by atoms with van der Waals surface area (Å²) in [5, 5.41) is 8.54. The summed E-state index contributed by atoms with van der Waals surface area (Å²) >= 11 is 6.24. The zero-order valence-corrected chi connectivity index (χ0v) is 13.3. The molecule has 1 aromatic carbocycles. The van der Waals surface area contributed by atoms with Crippen molar-refractivity contribution in [2.45, 2.75) is 32.7 Å². The lowest BCUT2D eigenvalue weighted by atomic mass is 9.84. The van der Waals surface area contributed by atoms with E-state index in [4.69, 9.17) is 11.6 Å². The molecule has 2 aromatic rings. The Morgan fingerprint density at radius 2 is 1.90 bits per heavy atom. The van der Waals surface area contributed by atoms with Gasteiger partial charge in [-0.05, 0) is 12.5 Å². The van der Waals surface area contributed by atoms with Gasteiger partial charge in [0, 0.05) is 31.1 Å². The van der Waals surface area contributed by atoms with Crippen LogP contribution in [0.5, 0.6) is 0 Å². The Labute approximate surface area is 126 Å². The molecule has 1 aromatic heterocycles. The van der Waals surface area contributed by atoms with Gasteiger partial charge in [0.25, 0.3) is 0 Å². The van der Waals surface area contributed by atoms with Gasteiger partial charge in [-0.1, -0.05) is 55.8 Å². The Morgan fingerprint density at radius 1 is 1.25 bits per heavy atom. The van der Waals surface area contributed by atoms with Crippen molar-refractivity contribution in [2.75, 3.05) is 6.54 Å². The number of rotatable bonds is 5. The van der Waals surface area contributed by atoms with Crippen molar-refractivity contribution in [3.63, 3.8) is 0 Å². The summed E-state index contributed by atoms with van der Waals surface area (Å²) in [5.74, 6) is 0. The average Bonchev–Trinajstić information content (AvgIpc) is 2.66. The first-order valence-corrected chi connectivity index (χ1v) is 7.24. The van der Waals surface area contributed by atoms with Gasteiger partial charge in [0.1, 0.15) is 5.15 Å². The number of benzene rings is 1.